The molecule has 2 aromatic rings. The Morgan fingerprint density at radius 3 is 2.54 bits per heavy atom. The van der Waals surface area contributed by atoms with Gasteiger partial charge in [0.05, 0.1) is 10.6 Å². The molecule has 122 valence electrons. The molecule has 0 spiro atoms. The quantitative estimate of drug-likeness (QED) is 0.369. The molecule has 0 radical (unpaired) electrons. The van der Waals surface area contributed by atoms with Gasteiger partial charge < -0.3 is 4.84 Å². The van der Waals surface area contributed by atoms with E-state index in [0.717, 1.165) is 27.8 Å². The largest absolute Gasteiger partial charge is 0.331 e. The Morgan fingerprint density at radius 2 is 1.88 bits per heavy atom. The zero-order valence-corrected chi connectivity index (χ0v) is 13.6. The van der Waals surface area contributed by atoms with Gasteiger partial charge in [-0.15, -0.1) is 0 Å². The lowest BCUT2D eigenvalue weighted by Crippen LogP contribution is -2.00. The van der Waals surface area contributed by atoms with Crippen molar-refractivity contribution in [3.05, 3.63) is 63.2 Å². The maximum atomic E-state index is 11.0. The summed E-state index contributed by atoms with van der Waals surface area (Å²) in [5, 5.41) is 14.8. The van der Waals surface area contributed by atoms with E-state index < -0.39 is 5.97 Å². The van der Waals surface area contributed by atoms with Gasteiger partial charge in [-0.05, 0) is 46.9 Å². The lowest BCUT2D eigenvalue weighted by Gasteiger charge is -2.07. The summed E-state index contributed by atoms with van der Waals surface area (Å²) in [6.45, 7) is 5.10. The predicted molar refractivity (Wildman–Crippen MR) is 90.0 cm³/mol. The smallest absolute Gasteiger partial charge is 0.318 e. The number of benzene rings is 2. The SMILES string of the molecule is CC(=O)O/N=C(/C)c1ccc2c(c1)-c1ccc([N+](=O)[O-])cc1C2C. The molecule has 0 fully saturated rings. The Labute approximate surface area is 138 Å². The zero-order chi connectivity index (χ0) is 17.4. The van der Waals surface area contributed by atoms with Crippen molar-refractivity contribution in [3.8, 4) is 11.1 Å². The molecule has 1 unspecified atom stereocenters. The molecule has 6 heteroatoms. The number of nitro benzene ring substituents is 1. The third-order valence-corrected chi connectivity index (χ3v) is 4.25. The summed E-state index contributed by atoms with van der Waals surface area (Å²) in [6.07, 6.45) is 0. The summed E-state index contributed by atoms with van der Waals surface area (Å²) in [7, 11) is 0. The van der Waals surface area contributed by atoms with Crippen molar-refractivity contribution in [3.63, 3.8) is 0 Å². The Kier molecular flexibility index (Phi) is 3.89. The van der Waals surface area contributed by atoms with Crippen molar-refractivity contribution in [2.75, 3.05) is 0 Å². The van der Waals surface area contributed by atoms with E-state index in [2.05, 4.69) is 9.99 Å². The lowest BCUT2D eigenvalue weighted by molar-refractivity contribution is -0.384. The van der Waals surface area contributed by atoms with E-state index in [1.807, 2.05) is 25.1 Å². The standard InChI is InChI=1S/C18H16N2O4/c1-10-15-6-4-13(11(2)19-24-12(3)21)8-18(15)16-7-5-14(20(22)23)9-17(10)16/h4-10H,1-3H3/b19-11-. The van der Waals surface area contributed by atoms with Gasteiger partial charge in [0.2, 0.25) is 0 Å². The van der Waals surface area contributed by atoms with Crippen LogP contribution in [0.25, 0.3) is 11.1 Å². The number of rotatable bonds is 3. The molecule has 0 bridgehead atoms. The van der Waals surface area contributed by atoms with Crippen molar-refractivity contribution < 1.29 is 14.6 Å². The zero-order valence-electron chi connectivity index (χ0n) is 13.6. The highest BCUT2D eigenvalue weighted by Crippen LogP contribution is 2.46. The summed E-state index contributed by atoms with van der Waals surface area (Å²) in [5.41, 5.74) is 5.62. The molecule has 0 N–H and O–H groups in total. The average molecular weight is 324 g/mol. The normalized spacial score (nSPS) is 15.6. The molecule has 0 heterocycles. The second-order valence-corrected chi connectivity index (χ2v) is 5.81. The number of nitro groups is 1. The molecular weight excluding hydrogens is 308 g/mol. The summed E-state index contributed by atoms with van der Waals surface area (Å²) >= 11 is 0. The second-order valence-electron chi connectivity index (χ2n) is 5.81. The molecule has 1 aliphatic rings. The van der Waals surface area contributed by atoms with E-state index >= 15 is 0 Å². The molecule has 3 rings (SSSR count). The van der Waals surface area contributed by atoms with Crippen LogP contribution in [0.1, 0.15) is 43.4 Å². The van der Waals surface area contributed by atoms with E-state index in [4.69, 9.17) is 0 Å². The average Bonchev–Trinajstić information content (AvgIpc) is 2.84. The van der Waals surface area contributed by atoms with Crippen LogP contribution in [-0.2, 0) is 9.63 Å². The Bertz CT molecular complexity index is 887. The molecular formula is C18H16N2O4. The number of non-ortho nitro benzene ring substituents is 1. The lowest BCUT2D eigenvalue weighted by atomic mass is 9.97. The van der Waals surface area contributed by atoms with Crippen LogP contribution < -0.4 is 0 Å². The Hall–Kier alpha value is -3.02. The van der Waals surface area contributed by atoms with Gasteiger partial charge in [-0.2, -0.15) is 0 Å². The number of fused-ring (bicyclic) bond motifs is 3. The van der Waals surface area contributed by atoms with Gasteiger partial charge in [-0.25, -0.2) is 4.79 Å². The van der Waals surface area contributed by atoms with Crippen LogP contribution in [0.5, 0.6) is 0 Å². The van der Waals surface area contributed by atoms with Gasteiger partial charge in [0.25, 0.3) is 5.69 Å². The van der Waals surface area contributed by atoms with Crippen molar-refractivity contribution in [2.45, 2.75) is 26.7 Å². The van der Waals surface area contributed by atoms with Crippen molar-refractivity contribution in [2.24, 2.45) is 5.16 Å². The molecule has 1 atom stereocenters. The highest BCUT2D eigenvalue weighted by atomic mass is 16.7. The van der Waals surface area contributed by atoms with E-state index in [9.17, 15) is 14.9 Å². The number of nitrogens with zero attached hydrogens (tertiary/aromatic N) is 2. The predicted octanol–water partition coefficient (Wildman–Crippen LogP) is 4.01. The third kappa shape index (κ3) is 2.67. The Balaban J connectivity index is 2.05. The molecule has 24 heavy (non-hydrogen) atoms. The van der Waals surface area contributed by atoms with Crippen LogP contribution in [0.15, 0.2) is 41.6 Å². The number of oxime groups is 1. The fourth-order valence-corrected chi connectivity index (χ4v) is 3.01. The number of hydrogen-bond donors (Lipinski definition) is 0. The first-order valence-corrected chi connectivity index (χ1v) is 7.53. The molecule has 0 aliphatic heterocycles. The minimum Gasteiger partial charge on any atom is -0.318 e. The molecule has 1 aliphatic carbocycles. The van der Waals surface area contributed by atoms with Gasteiger partial charge >= 0.3 is 5.97 Å². The summed E-state index contributed by atoms with van der Waals surface area (Å²) in [5.74, 6) is -0.378. The van der Waals surface area contributed by atoms with Crippen LogP contribution in [-0.4, -0.2) is 16.6 Å². The number of hydrogen-bond acceptors (Lipinski definition) is 5. The highest BCUT2D eigenvalue weighted by Gasteiger charge is 2.27. The third-order valence-electron chi connectivity index (χ3n) is 4.25. The first kappa shape index (κ1) is 15.9. The van der Waals surface area contributed by atoms with Crippen LogP contribution in [0, 0.1) is 10.1 Å². The van der Waals surface area contributed by atoms with Gasteiger partial charge in [-0.3, -0.25) is 10.1 Å². The summed E-state index contributed by atoms with van der Waals surface area (Å²) in [4.78, 5) is 26.2. The van der Waals surface area contributed by atoms with Gasteiger partial charge in [0.1, 0.15) is 0 Å². The molecule has 0 aromatic heterocycles. The van der Waals surface area contributed by atoms with Crippen molar-refractivity contribution >= 4 is 17.4 Å². The fraction of sp³-hybridized carbons (Fsp3) is 0.222. The second kappa shape index (κ2) is 5.88. The van der Waals surface area contributed by atoms with E-state index in [1.54, 1.807) is 19.1 Å². The molecule has 2 aromatic carbocycles. The minimum atomic E-state index is -0.471. The van der Waals surface area contributed by atoms with Crippen molar-refractivity contribution in [1.82, 2.24) is 0 Å². The summed E-state index contributed by atoms with van der Waals surface area (Å²) in [6, 6.07) is 10.8. The van der Waals surface area contributed by atoms with Gasteiger partial charge in [-0.1, -0.05) is 24.2 Å². The molecule has 0 saturated heterocycles. The molecule has 0 saturated carbocycles. The topological polar surface area (TPSA) is 81.8 Å². The Morgan fingerprint density at radius 1 is 1.12 bits per heavy atom. The summed E-state index contributed by atoms with van der Waals surface area (Å²) < 4.78 is 0. The maximum Gasteiger partial charge on any atom is 0.331 e. The van der Waals surface area contributed by atoms with Crippen LogP contribution in [0.4, 0.5) is 5.69 Å². The first-order chi connectivity index (χ1) is 11.4. The van der Waals surface area contributed by atoms with Crippen LogP contribution in [0.3, 0.4) is 0 Å². The number of carbonyl (C=O) groups excluding carboxylic acids is 1. The van der Waals surface area contributed by atoms with E-state index in [1.165, 1.54) is 13.0 Å². The maximum absolute atomic E-state index is 11.0. The monoisotopic (exact) mass is 324 g/mol. The van der Waals surface area contributed by atoms with E-state index in [-0.39, 0.29) is 16.5 Å². The van der Waals surface area contributed by atoms with E-state index in [0.29, 0.717) is 5.71 Å². The van der Waals surface area contributed by atoms with Crippen LogP contribution >= 0.6 is 0 Å². The fourth-order valence-electron chi connectivity index (χ4n) is 3.01. The minimum absolute atomic E-state index is 0.0923. The van der Waals surface area contributed by atoms with Crippen molar-refractivity contribution in [1.29, 1.82) is 0 Å². The van der Waals surface area contributed by atoms with Gasteiger partial charge in [0.15, 0.2) is 0 Å². The van der Waals surface area contributed by atoms with Crippen LogP contribution in [0.2, 0.25) is 0 Å². The molecule has 6 nitrogen and oxygen atoms in total. The molecule has 0 amide bonds. The first-order valence-electron chi connectivity index (χ1n) is 7.53. The highest BCUT2D eigenvalue weighted by molar-refractivity contribution is 6.00. The number of carbonyl (C=O) groups is 1. The van der Waals surface area contributed by atoms with Gasteiger partial charge in [0, 0.05) is 25.0 Å².